The zero-order valence-corrected chi connectivity index (χ0v) is 18.1. The van der Waals surface area contributed by atoms with E-state index in [0.29, 0.717) is 5.69 Å². The second kappa shape index (κ2) is 8.00. The Morgan fingerprint density at radius 2 is 1.12 bits per heavy atom. The average Bonchev–Trinajstić information content (AvgIpc) is 3.55. The van der Waals surface area contributed by atoms with Gasteiger partial charge in [-0.15, -0.1) is 0 Å². The van der Waals surface area contributed by atoms with Crippen LogP contribution in [0.5, 0.6) is 0 Å². The number of nitrogens with two attached hydrogens (primary N) is 1. The number of anilines is 1. The summed E-state index contributed by atoms with van der Waals surface area (Å²) >= 11 is 0. The van der Waals surface area contributed by atoms with E-state index in [-0.39, 0.29) is 17.1 Å². The van der Waals surface area contributed by atoms with Crippen LogP contribution in [0.2, 0.25) is 0 Å². The van der Waals surface area contributed by atoms with E-state index in [1.165, 1.54) is 0 Å². The van der Waals surface area contributed by atoms with Crippen LogP contribution in [0.15, 0.2) is 66.7 Å². The smallest absolute Gasteiger partial charge is 0.0659 e. The maximum absolute atomic E-state index is 6.62. The maximum Gasteiger partial charge on any atom is 0.0659 e. The number of hydrogen-bond acceptors (Lipinski definition) is 3. The summed E-state index contributed by atoms with van der Waals surface area (Å²) in [5.41, 5.74) is 16.6. The third kappa shape index (κ3) is 3.66. The van der Waals surface area contributed by atoms with E-state index in [1.807, 2.05) is 78.9 Å². The van der Waals surface area contributed by atoms with Crippen molar-refractivity contribution in [1.29, 1.82) is 0 Å². The molecule has 5 heterocycles. The van der Waals surface area contributed by atoms with E-state index in [9.17, 15) is 0 Å². The molecule has 0 fully saturated rings. The number of nitrogen functional groups attached to an aromatic ring is 1. The summed E-state index contributed by atoms with van der Waals surface area (Å²) in [7, 11) is 0. The van der Waals surface area contributed by atoms with Crippen LogP contribution in [0.25, 0.3) is 57.5 Å². The Kier molecular flexibility index (Phi) is 5.02. The van der Waals surface area contributed by atoms with Crippen LogP contribution in [-0.4, -0.2) is 19.9 Å². The minimum absolute atomic E-state index is 0. The Bertz CT molecular complexity index is 1540. The number of hydrogen-bond donors (Lipinski definition) is 3. The van der Waals surface area contributed by atoms with Crippen molar-refractivity contribution in [2.24, 2.45) is 0 Å². The number of aromatic amines is 2. The van der Waals surface area contributed by atoms with Gasteiger partial charge in [0.2, 0.25) is 0 Å². The minimum Gasteiger partial charge on any atom is -0.396 e. The van der Waals surface area contributed by atoms with Crippen molar-refractivity contribution < 1.29 is 17.1 Å². The molecular formula is C26H19FeN5. The zero-order valence-electron chi connectivity index (χ0n) is 17.0. The van der Waals surface area contributed by atoms with Gasteiger partial charge in [-0.25, -0.2) is 9.97 Å². The number of fused-ring (bicyclic) bond motifs is 8. The molecule has 0 unspecified atom stereocenters. The van der Waals surface area contributed by atoms with Gasteiger partial charge in [-0.1, -0.05) is 30.3 Å². The summed E-state index contributed by atoms with van der Waals surface area (Å²) in [6.07, 6.45) is 8.03. The Morgan fingerprint density at radius 3 is 1.72 bits per heavy atom. The Morgan fingerprint density at radius 1 is 0.594 bits per heavy atom. The molecule has 0 spiro atoms. The first kappa shape index (κ1) is 20.1. The molecule has 0 aliphatic carbocycles. The van der Waals surface area contributed by atoms with Crippen LogP contribution in [0.1, 0.15) is 22.8 Å². The first-order chi connectivity index (χ1) is 15.2. The Balaban J connectivity index is 0.00000216. The molecule has 4 N–H and O–H groups in total. The van der Waals surface area contributed by atoms with E-state index >= 15 is 0 Å². The van der Waals surface area contributed by atoms with Gasteiger partial charge in [-0.2, -0.15) is 0 Å². The molecule has 1 aromatic carbocycles. The molecule has 3 aromatic heterocycles. The molecule has 6 rings (SSSR count). The minimum atomic E-state index is 0. The van der Waals surface area contributed by atoms with Crippen LogP contribution < -0.4 is 5.73 Å². The van der Waals surface area contributed by atoms with E-state index in [4.69, 9.17) is 15.7 Å². The van der Waals surface area contributed by atoms with Gasteiger partial charge in [0.05, 0.1) is 39.5 Å². The first-order valence-electron chi connectivity index (χ1n) is 10.1. The summed E-state index contributed by atoms with van der Waals surface area (Å²) in [6.45, 7) is 0. The quantitative estimate of drug-likeness (QED) is 0.269. The molecule has 6 heteroatoms. The molecule has 2 aliphatic heterocycles. The molecule has 5 nitrogen and oxygen atoms in total. The predicted molar refractivity (Wildman–Crippen MR) is 129 cm³/mol. The monoisotopic (exact) mass is 457 g/mol. The molecule has 8 bridgehead atoms. The Hall–Kier alpha value is -3.86. The number of nitrogens with zero attached hydrogens (tertiary/aromatic N) is 2. The number of H-pyrrole nitrogens is 2. The molecule has 156 valence electrons. The summed E-state index contributed by atoms with van der Waals surface area (Å²) in [5.74, 6) is 0. The summed E-state index contributed by atoms with van der Waals surface area (Å²) in [4.78, 5) is 16.4. The number of benzene rings is 1. The maximum atomic E-state index is 6.62. The van der Waals surface area contributed by atoms with E-state index in [0.717, 1.165) is 56.0 Å². The molecule has 2 aliphatic rings. The fraction of sp³-hybridized carbons (Fsp3) is 0. The van der Waals surface area contributed by atoms with E-state index < -0.39 is 0 Å². The largest absolute Gasteiger partial charge is 0.396 e. The normalized spacial score (nSPS) is 12.0. The fourth-order valence-electron chi connectivity index (χ4n) is 4.02. The first-order valence-corrected chi connectivity index (χ1v) is 10.1. The SMILES string of the molecule is Nc1c(-c2ccccc2)c2cc3nc(cc4ccc(cc5nc(cc1[nH]2)C=C5)[nH]4)C=C3.[Fe]. The molecule has 0 saturated heterocycles. The third-order valence-corrected chi connectivity index (χ3v) is 5.45. The summed E-state index contributed by atoms with van der Waals surface area (Å²) < 4.78 is 0. The van der Waals surface area contributed by atoms with Crippen LogP contribution in [0.3, 0.4) is 0 Å². The van der Waals surface area contributed by atoms with Crippen LogP contribution in [-0.2, 0) is 17.1 Å². The van der Waals surface area contributed by atoms with E-state index in [2.05, 4.69) is 22.1 Å². The van der Waals surface area contributed by atoms with Crippen LogP contribution in [0.4, 0.5) is 5.69 Å². The number of rotatable bonds is 1. The molecule has 0 saturated carbocycles. The third-order valence-electron chi connectivity index (χ3n) is 5.45. The second-order valence-corrected chi connectivity index (χ2v) is 7.64. The van der Waals surface area contributed by atoms with Gasteiger partial charge in [0.15, 0.2) is 0 Å². The van der Waals surface area contributed by atoms with E-state index in [1.54, 1.807) is 0 Å². The predicted octanol–water partition coefficient (Wildman–Crippen LogP) is 5.90. The van der Waals surface area contributed by atoms with Gasteiger partial charge >= 0.3 is 0 Å². The van der Waals surface area contributed by atoms with Gasteiger partial charge in [-0.05, 0) is 66.3 Å². The topological polar surface area (TPSA) is 83.4 Å². The molecule has 32 heavy (non-hydrogen) atoms. The van der Waals surface area contributed by atoms with Crippen molar-refractivity contribution in [2.45, 2.75) is 0 Å². The van der Waals surface area contributed by atoms with Crippen molar-refractivity contribution in [3.05, 3.63) is 89.5 Å². The van der Waals surface area contributed by atoms with Crippen molar-refractivity contribution in [1.82, 2.24) is 19.9 Å². The second-order valence-electron chi connectivity index (χ2n) is 7.64. The summed E-state index contributed by atoms with van der Waals surface area (Å²) in [5, 5.41) is 0. The van der Waals surface area contributed by atoms with Gasteiger partial charge in [0, 0.05) is 33.7 Å². The standard InChI is InChI=1S/C26H19N5.Fe/c27-26-24-15-22-11-9-20(30-22)13-18-7-6-17(28-18)12-19-8-10-21(29-19)14-23(31-24)25(26)16-4-2-1-3-5-16;/h1-15,28,31H,27H2;. The molecule has 0 atom stereocenters. The number of nitrogens with one attached hydrogen (secondary N) is 2. The van der Waals surface area contributed by atoms with Gasteiger partial charge in [0.1, 0.15) is 0 Å². The van der Waals surface area contributed by atoms with Crippen LogP contribution in [0, 0.1) is 0 Å². The Labute approximate surface area is 195 Å². The van der Waals surface area contributed by atoms with Crippen molar-refractivity contribution in [2.75, 3.05) is 5.73 Å². The van der Waals surface area contributed by atoms with Gasteiger partial charge in [-0.3, -0.25) is 0 Å². The average molecular weight is 457 g/mol. The molecular weight excluding hydrogens is 438 g/mol. The van der Waals surface area contributed by atoms with Gasteiger partial charge < -0.3 is 15.7 Å². The molecule has 0 radical (unpaired) electrons. The fourth-order valence-corrected chi connectivity index (χ4v) is 4.02. The molecule has 0 amide bonds. The van der Waals surface area contributed by atoms with Crippen LogP contribution >= 0.6 is 0 Å². The number of aromatic nitrogens is 4. The van der Waals surface area contributed by atoms with Crippen molar-refractivity contribution >= 4 is 52.1 Å². The van der Waals surface area contributed by atoms with Crippen molar-refractivity contribution in [3.63, 3.8) is 0 Å². The summed E-state index contributed by atoms with van der Waals surface area (Å²) in [6, 6.07) is 22.3. The van der Waals surface area contributed by atoms with Crippen molar-refractivity contribution in [3.8, 4) is 11.1 Å². The molecule has 4 aromatic rings. The zero-order chi connectivity index (χ0) is 20.8. The van der Waals surface area contributed by atoms with Gasteiger partial charge in [0.25, 0.3) is 0 Å².